The normalized spacial score (nSPS) is 13.8. The van der Waals surface area contributed by atoms with Crippen molar-refractivity contribution in [1.82, 2.24) is 9.97 Å². The Balaban J connectivity index is 1.44. The van der Waals surface area contributed by atoms with E-state index in [9.17, 15) is 4.79 Å². The quantitative estimate of drug-likeness (QED) is 0.462. The lowest BCUT2D eigenvalue weighted by Gasteiger charge is -2.19. The van der Waals surface area contributed by atoms with E-state index < -0.39 is 5.97 Å². The number of carbonyl (C=O) groups is 1. The van der Waals surface area contributed by atoms with Crippen molar-refractivity contribution in [2.45, 2.75) is 20.0 Å². The highest BCUT2D eigenvalue weighted by Crippen LogP contribution is 2.36. The van der Waals surface area contributed by atoms with E-state index >= 15 is 0 Å². The molecule has 9 heteroatoms. The Labute approximate surface area is 193 Å². The average molecular weight is 498 g/mol. The Morgan fingerprint density at radius 2 is 2.06 bits per heavy atom. The fraction of sp³-hybridized carbons (Fsp3) is 0.261. The van der Waals surface area contributed by atoms with Gasteiger partial charge in [0.05, 0.1) is 12.8 Å². The fourth-order valence-electron chi connectivity index (χ4n) is 3.71. The molecular formula is C23H20BrN3O5. The van der Waals surface area contributed by atoms with Crippen LogP contribution in [0.1, 0.15) is 28.4 Å². The van der Waals surface area contributed by atoms with E-state index in [1.165, 1.54) is 11.8 Å². The van der Waals surface area contributed by atoms with Crippen molar-refractivity contribution in [3.63, 3.8) is 0 Å². The molecule has 3 aromatic rings. The van der Waals surface area contributed by atoms with Gasteiger partial charge in [-0.25, -0.2) is 9.78 Å². The minimum atomic E-state index is -0.523. The van der Waals surface area contributed by atoms with E-state index in [1.807, 2.05) is 35.2 Å². The molecule has 1 aromatic heterocycles. The van der Waals surface area contributed by atoms with E-state index in [-0.39, 0.29) is 31.5 Å². The van der Waals surface area contributed by atoms with Crippen LogP contribution < -0.4 is 19.1 Å². The average Bonchev–Trinajstić information content (AvgIpc) is 3.43. The lowest BCUT2D eigenvalue weighted by Crippen LogP contribution is -2.18. The Hall–Kier alpha value is -3.33. The van der Waals surface area contributed by atoms with Crippen molar-refractivity contribution >= 4 is 33.5 Å². The molecule has 0 N–H and O–H groups in total. The zero-order valence-electron chi connectivity index (χ0n) is 17.3. The molecule has 0 radical (unpaired) electrons. The second-order valence-corrected chi connectivity index (χ2v) is 8.18. The lowest BCUT2D eigenvalue weighted by atomic mass is 10.2. The Bertz CT molecular complexity index is 1190. The molecule has 2 aliphatic rings. The SMILES string of the molecule is CCOC(=O)c1cnc(N2CCc3cc(Br)ccc32)nc1OCc1ccc2c(c1)OCO2. The van der Waals surface area contributed by atoms with Crippen molar-refractivity contribution in [2.24, 2.45) is 0 Å². The van der Waals surface area contributed by atoms with Gasteiger partial charge < -0.3 is 23.8 Å². The molecule has 8 nitrogen and oxygen atoms in total. The van der Waals surface area contributed by atoms with Gasteiger partial charge in [-0.3, -0.25) is 0 Å². The fourth-order valence-corrected chi connectivity index (χ4v) is 4.12. The molecule has 0 spiro atoms. The minimum absolute atomic E-state index is 0.177. The minimum Gasteiger partial charge on any atom is -0.472 e. The van der Waals surface area contributed by atoms with Crippen LogP contribution in [0.25, 0.3) is 0 Å². The maximum absolute atomic E-state index is 12.5. The van der Waals surface area contributed by atoms with Gasteiger partial charge in [-0.15, -0.1) is 0 Å². The van der Waals surface area contributed by atoms with Crippen molar-refractivity contribution in [2.75, 3.05) is 24.8 Å². The largest absolute Gasteiger partial charge is 0.472 e. The van der Waals surface area contributed by atoms with Crippen molar-refractivity contribution in [3.8, 4) is 17.4 Å². The van der Waals surface area contributed by atoms with Gasteiger partial charge in [-0.05, 0) is 54.8 Å². The topological polar surface area (TPSA) is 83.0 Å². The van der Waals surface area contributed by atoms with Crippen LogP contribution >= 0.6 is 15.9 Å². The van der Waals surface area contributed by atoms with Crippen LogP contribution in [0.3, 0.4) is 0 Å². The first-order chi connectivity index (χ1) is 15.6. The molecule has 0 saturated carbocycles. The van der Waals surface area contributed by atoms with Gasteiger partial charge in [-0.2, -0.15) is 4.98 Å². The number of hydrogen-bond donors (Lipinski definition) is 0. The lowest BCUT2D eigenvalue weighted by molar-refractivity contribution is 0.0519. The molecular weight excluding hydrogens is 478 g/mol. The number of hydrogen-bond acceptors (Lipinski definition) is 8. The summed E-state index contributed by atoms with van der Waals surface area (Å²) in [7, 11) is 0. The molecule has 3 heterocycles. The van der Waals surface area contributed by atoms with E-state index in [2.05, 4.69) is 32.0 Å². The summed E-state index contributed by atoms with van der Waals surface area (Å²) in [6.45, 7) is 3.14. The predicted molar refractivity (Wildman–Crippen MR) is 120 cm³/mol. The van der Waals surface area contributed by atoms with E-state index in [4.69, 9.17) is 18.9 Å². The van der Waals surface area contributed by atoms with Crippen LogP contribution in [0.15, 0.2) is 47.1 Å². The molecule has 0 amide bonds. The van der Waals surface area contributed by atoms with Crippen LogP contribution in [-0.2, 0) is 17.8 Å². The van der Waals surface area contributed by atoms with Gasteiger partial charge in [0.25, 0.3) is 0 Å². The molecule has 2 aliphatic heterocycles. The number of esters is 1. The van der Waals surface area contributed by atoms with Gasteiger partial charge in [0.15, 0.2) is 11.5 Å². The molecule has 0 bridgehead atoms. The van der Waals surface area contributed by atoms with E-state index in [0.29, 0.717) is 17.4 Å². The number of carbonyl (C=O) groups excluding carboxylic acids is 1. The summed E-state index contributed by atoms with van der Waals surface area (Å²) in [5.41, 5.74) is 3.30. The number of ether oxygens (including phenoxy) is 4. The highest BCUT2D eigenvalue weighted by molar-refractivity contribution is 9.10. The number of aromatic nitrogens is 2. The second kappa shape index (κ2) is 8.66. The summed E-state index contributed by atoms with van der Waals surface area (Å²) in [4.78, 5) is 23.5. The maximum Gasteiger partial charge on any atom is 0.345 e. The highest BCUT2D eigenvalue weighted by Gasteiger charge is 2.25. The number of benzene rings is 2. The summed E-state index contributed by atoms with van der Waals surface area (Å²) >= 11 is 3.52. The van der Waals surface area contributed by atoms with Crippen LogP contribution in [0.4, 0.5) is 11.6 Å². The zero-order valence-corrected chi connectivity index (χ0v) is 18.9. The highest BCUT2D eigenvalue weighted by atomic mass is 79.9. The molecule has 0 saturated heterocycles. The van der Waals surface area contributed by atoms with Gasteiger partial charge >= 0.3 is 5.97 Å². The molecule has 0 atom stereocenters. The first-order valence-corrected chi connectivity index (χ1v) is 11.0. The molecule has 0 fully saturated rings. The smallest absolute Gasteiger partial charge is 0.345 e. The van der Waals surface area contributed by atoms with Crippen LogP contribution in [-0.4, -0.2) is 35.9 Å². The van der Waals surface area contributed by atoms with Crippen molar-refractivity contribution in [1.29, 1.82) is 0 Å². The number of halogens is 1. The van der Waals surface area contributed by atoms with Crippen molar-refractivity contribution in [3.05, 3.63) is 63.8 Å². The Morgan fingerprint density at radius 1 is 1.19 bits per heavy atom. The van der Waals surface area contributed by atoms with Gasteiger partial charge in [0.2, 0.25) is 18.6 Å². The first-order valence-electron chi connectivity index (χ1n) is 10.2. The number of fused-ring (bicyclic) bond motifs is 2. The van der Waals surface area contributed by atoms with Gasteiger partial charge in [0.1, 0.15) is 12.2 Å². The summed E-state index contributed by atoms with van der Waals surface area (Å²) in [6.07, 6.45) is 2.34. The second-order valence-electron chi connectivity index (χ2n) is 7.26. The van der Waals surface area contributed by atoms with Crippen molar-refractivity contribution < 1.29 is 23.7 Å². The summed E-state index contributed by atoms with van der Waals surface area (Å²) in [5, 5.41) is 0. The first kappa shape index (κ1) is 20.6. The third kappa shape index (κ3) is 3.95. The zero-order chi connectivity index (χ0) is 22.1. The third-order valence-electron chi connectivity index (χ3n) is 5.23. The van der Waals surface area contributed by atoms with Gasteiger partial charge in [0, 0.05) is 16.7 Å². The number of anilines is 2. The van der Waals surface area contributed by atoms with Crippen LogP contribution in [0.2, 0.25) is 0 Å². The van der Waals surface area contributed by atoms with Crippen LogP contribution in [0, 0.1) is 0 Å². The molecule has 0 unspecified atom stereocenters. The summed E-state index contributed by atoms with van der Waals surface area (Å²) in [6, 6.07) is 11.7. The third-order valence-corrected chi connectivity index (χ3v) is 5.72. The Kier molecular flexibility index (Phi) is 5.57. The Morgan fingerprint density at radius 3 is 2.94 bits per heavy atom. The predicted octanol–water partition coefficient (Wildman–Crippen LogP) is 4.42. The number of rotatable bonds is 6. The molecule has 2 aromatic carbocycles. The summed E-state index contributed by atoms with van der Waals surface area (Å²) < 4.78 is 22.9. The molecule has 32 heavy (non-hydrogen) atoms. The molecule has 0 aliphatic carbocycles. The van der Waals surface area contributed by atoms with Crippen LogP contribution in [0.5, 0.6) is 17.4 Å². The number of nitrogens with zero attached hydrogens (tertiary/aromatic N) is 3. The molecule has 5 rings (SSSR count). The monoisotopic (exact) mass is 497 g/mol. The maximum atomic E-state index is 12.5. The standard InChI is InChI=1S/C23H20BrN3O5/c1-2-29-22(28)17-11-25-23(27-8-7-15-10-16(24)4-5-18(15)27)26-21(17)30-12-14-3-6-19-20(9-14)32-13-31-19/h3-6,9-11H,2,7-8,12-13H2,1H3. The van der Waals surface area contributed by atoms with E-state index in [1.54, 1.807) is 6.92 Å². The van der Waals surface area contributed by atoms with E-state index in [0.717, 1.165) is 28.7 Å². The molecule has 164 valence electrons. The van der Waals surface area contributed by atoms with Gasteiger partial charge in [-0.1, -0.05) is 22.0 Å². The summed E-state index contributed by atoms with van der Waals surface area (Å²) in [5.74, 6) is 1.49.